The normalized spacial score (nSPS) is 16.9. The molecule has 0 saturated carbocycles. The van der Waals surface area contributed by atoms with E-state index >= 15 is 0 Å². The molecule has 1 aromatic carbocycles. The van der Waals surface area contributed by atoms with E-state index in [2.05, 4.69) is 0 Å². The van der Waals surface area contributed by atoms with Crippen molar-refractivity contribution in [1.82, 2.24) is 10.6 Å². The first-order valence-electron chi connectivity index (χ1n) is 6.43. The van der Waals surface area contributed by atoms with Gasteiger partial charge < -0.3 is 19.4 Å². The van der Waals surface area contributed by atoms with Gasteiger partial charge in [0, 0.05) is 11.1 Å². The van der Waals surface area contributed by atoms with Gasteiger partial charge in [-0.25, -0.2) is 4.79 Å². The number of imide groups is 2. The van der Waals surface area contributed by atoms with E-state index < -0.39 is 23.8 Å². The molecule has 0 aromatic heterocycles. The van der Waals surface area contributed by atoms with E-state index in [0.717, 1.165) is 6.08 Å². The molecule has 3 rings (SSSR count). The number of rotatable bonds is 2. The zero-order valence-electron chi connectivity index (χ0n) is 11.5. The Hall–Kier alpha value is -3.20. The molecule has 0 unspecified atom stereocenters. The van der Waals surface area contributed by atoms with Crippen LogP contribution in [0.3, 0.4) is 0 Å². The molecule has 2 aliphatic rings. The number of barbiturate groups is 1. The SMILES string of the molecule is O=C1NC(=O)C(=Cc2cc(C(=O)[O-])cc3c2OCOC3)C(=O)N1. The van der Waals surface area contributed by atoms with Crippen molar-refractivity contribution >= 4 is 29.9 Å². The Balaban J connectivity index is 2.11. The summed E-state index contributed by atoms with van der Waals surface area (Å²) in [6.07, 6.45) is 1.15. The Labute approximate surface area is 128 Å². The van der Waals surface area contributed by atoms with Crippen molar-refractivity contribution in [3.63, 3.8) is 0 Å². The van der Waals surface area contributed by atoms with Crippen molar-refractivity contribution < 1.29 is 33.8 Å². The van der Waals surface area contributed by atoms with Gasteiger partial charge in [-0.1, -0.05) is 0 Å². The van der Waals surface area contributed by atoms with Gasteiger partial charge in [-0.05, 0) is 23.8 Å². The fourth-order valence-electron chi connectivity index (χ4n) is 2.24. The number of hydrogen-bond acceptors (Lipinski definition) is 7. The number of carbonyl (C=O) groups excluding carboxylic acids is 4. The summed E-state index contributed by atoms with van der Waals surface area (Å²) in [6, 6.07) is 1.62. The number of carboxylic acid groups (broad SMARTS) is 1. The number of urea groups is 1. The van der Waals surface area contributed by atoms with E-state index in [1.54, 1.807) is 0 Å². The van der Waals surface area contributed by atoms with E-state index in [1.807, 2.05) is 10.6 Å². The second-order valence-corrected chi connectivity index (χ2v) is 4.75. The summed E-state index contributed by atoms with van der Waals surface area (Å²) in [4.78, 5) is 45.6. The zero-order chi connectivity index (χ0) is 16.6. The number of amides is 4. The van der Waals surface area contributed by atoms with Gasteiger partial charge in [-0.15, -0.1) is 0 Å². The van der Waals surface area contributed by atoms with Gasteiger partial charge in [-0.2, -0.15) is 0 Å². The number of ether oxygens (including phenoxy) is 2. The van der Waals surface area contributed by atoms with Crippen LogP contribution in [0.1, 0.15) is 21.5 Å². The van der Waals surface area contributed by atoms with Crippen LogP contribution < -0.4 is 20.5 Å². The third-order valence-corrected chi connectivity index (χ3v) is 3.22. The van der Waals surface area contributed by atoms with Gasteiger partial charge in [-0.3, -0.25) is 20.2 Å². The second-order valence-electron chi connectivity index (χ2n) is 4.75. The molecule has 2 heterocycles. The van der Waals surface area contributed by atoms with Crippen LogP contribution in [-0.2, 0) is 20.9 Å². The highest BCUT2D eigenvalue weighted by Crippen LogP contribution is 2.31. The van der Waals surface area contributed by atoms with Crippen molar-refractivity contribution in [2.45, 2.75) is 6.61 Å². The van der Waals surface area contributed by atoms with Crippen molar-refractivity contribution in [3.05, 3.63) is 34.4 Å². The lowest BCUT2D eigenvalue weighted by Crippen LogP contribution is -2.51. The fraction of sp³-hybridized carbons (Fsp3) is 0.143. The van der Waals surface area contributed by atoms with Crippen LogP contribution in [0.2, 0.25) is 0 Å². The summed E-state index contributed by atoms with van der Waals surface area (Å²) in [5.74, 6) is -2.91. The molecule has 0 atom stereocenters. The molecule has 9 nitrogen and oxygen atoms in total. The van der Waals surface area contributed by atoms with E-state index in [0.29, 0.717) is 11.3 Å². The average Bonchev–Trinajstić information content (AvgIpc) is 2.50. The highest BCUT2D eigenvalue weighted by Gasteiger charge is 2.28. The van der Waals surface area contributed by atoms with Crippen LogP contribution >= 0.6 is 0 Å². The second kappa shape index (κ2) is 5.54. The Morgan fingerprint density at radius 3 is 2.52 bits per heavy atom. The van der Waals surface area contributed by atoms with Gasteiger partial charge in [0.1, 0.15) is 11.3 Å². The third kappa shape index (κ3) is 2.77. The molecular formula is C14H9N2O7-. The molecular weight excluding hydrogens is 308 g/mol. The van der Waals surface area contributed by atoms with E-state index in [-0.39, 0.29) is 30.1 Å². The van der Waals surface area contributed by atoms with Crippen LogP contribution in [0.5, 0.6) is 5.75 Å². The molecule has 2 aliphatic heterocycles. The first kappa shape index (κ1) is 14.7. The molecule has 118 valence electrons. The Morgan fingerprint density at radius 2 is 1.87 bits per heavy atom. The Morgan fingerprint density at radius 1 is 1.17 bits per heavy atom. The average molecular weight is 317 g/mol. The van der Waals surface area contributed by atoms with Crippen LogP contribution in [0.4, 0.5) is 4.79 Å². The number of fused-ring (bicyclic) bond motifs is 1. The van der Waals surface area contributed by atoms with Gasteiger partial charge in [0.2, 0.25) is 0 Å². The van der Waals surface area contributed by atoms with Crippen LogP contribution in [0.25, 0.3) is 6.08 Å². The summed E-state index contributed by atoms with van der Waals surface area (Å²) >= 11 is 0. The standard InChI is InChI=1S/C14H10N2O7/c17-11-9(12(18)16-14(21)15-11)3-6-1-7(13(19)20)2-8-4-22-5-23-10(6)8/h1-3H,4-5H2,(H,19,20)(H2,15,16,17,18,21)/p-1. The quantitative estimate of drug-likeness (QED) is 0.509. The first-order chi connectivity index (χ1) is 11.0. The predicted molar refractivity (Wildman–Crippen MR) is 70.7 cm³/mol. The Kier molecular flexibility index (Phi) is 3.54. The van der Waals surface area contributed by atoms with E-state index in [9.17, 15) is 24.3 Å². The number of benzene rings is 1. The third-order valence-electron chi connectivity index (χ3n) is 3.22. The summed E-state index contributed by atoms with van der Waals surface area (Å²) in [5, 5.41) is 14.9. The highest BCUT2D eigenvalue weighted by atomic mass is 16.7. The minimum atomic E-state index is -1.43. The molecule has 2 N–H and O–H groups in total. The maximum absolute atomic E-state index is 11.8. The predicted octanol–water partition coefficient (Wildman–Crippen LogP) is -1.33. The molecule has 9 heteroatoms. The lowest BCUT2D eigenvalue weighted by Gasteiger charge is -2.22. The van der Waals surface area contributed by atoms with Crippen LogP contribution in [0, 0.1) is 0 Å². The molecule has 23 heavy (non-hydrogen) atoms. The number of nitrogens with one attached hydrogen (secondary N) is 2. The van der Waals surface area contributed by atoms with Crippen molar-refractivity contribution in [3.8, 4) is 5.75 Å². The molecule has 1 saturated heterocycles. The smallest absolute Gasteiger partial charge is 0.328 e. The molecule has 1 fully saturated rings. The molecule has 4 amide bonds. The lowest BCUT2D eigenvalue weighted by atomic mass is 10.0. The number of carbonyl (C=O) groups is 4. The van der Waals surface area contributed by atoms with E-state index in [1.165, 1.54) is 12.1 Å². The summed E-state index contributed by atoms with van der Waals surface area (Å²) in [7, 11) is 0. The fourth-order valence-corrected chi connectivity index (χ4v) is 2.24. The maximum Gasteiger partial charge on any atom is 0.328 e. The summed E-state index contributed by atoms with van der Waals surface area (Å²) in [6.45, 7) is 0.0637. The van der Waals surface area contributed by atoms with Crippen LogP contribution in [-0.4, -0.2) is 30.6 Å². The molecule has 1 aromatic rings. The minimum Gasteiger partial charge on any atom is -0.545 e. The van der Waals surface area contributed by atoms with Gasteiger partial charge in [0.05, 0.1) is 12.6 Å². The van der Waals surface area contributed by atoms with Gasteiger partial charge in [0.15, 0.2) is 6.79 Å². The van der Waals surface area contributed by atoms with Crippen molar-refractivity contribution in [2.24, 2.45) is 0 Å². The zero-order valence-corrected chi connectivity index (χ0v) is 11.5. The van der Waals surface area contributed by atoms with Gasteiger partial charge >= 0.3 is 6.03 Å². The largest absolute Gasteiger partial charge is 0.545 e. The molecule has 0 aliphatic carbocycles. The van der Waals surface area contributed by atoms with Crippen molar-refractivity contribution in [1.29, 1.82) is 0 Å². The molecule has 0 bridgehead atoms. The monoisotopic (exact) mass is 317 g/mol. The number of hydrogen-bond donors (Lipinski definition) is 2. The minimum absolute atomic E-state index is 0.0509. The number of carboxylic acids is 1. The van der Waals surface area contributed by atoms with Crippen LogP contribution in [0.15, 0.2) is 17.7 Å². The van der Waals surface area contributed by atoms with Gasteiger partial charge in [0.25, 0.3) is 11.8 Å². The summed E-state index contributed by atoms with van der Waals surface area (Å²) < 4.78 is 10.4. The topological polar surface area (TPSA) is 134 Å². The first-order valence-corrected chi connectivity index (χ1v) is 6.43. The number of aromatic carboxylic acids is 1. The maximum atomic E-state index is 11.8. The summed E-state index contributed by atoms with van der Waals surface area (Å²) in [5.41, 5.74) is 0.131. The lowest BCUT2D eigenvalue weighted by molar-refractivity contribution is -0.255. The van der Waals surface area contributed by atoms with E-state index in [4.69, 9.17) is 9.47 Å². The molecule has 0 spiro atoms. The van der Waals surface area contributed by atoms with Crippen molar-refractivity contribution in [2.75, 3.05) is 6.79 Å². The molecule has 0 radical (unpaired) electrons. The highest BCUT2D eigenvalue weighted by molar-refractivity contribution is 6.31. The Bertz CT molecular complexity index is 760.